The van der Waals surface area contributed by atoms with E-state index in [0.717, 1.165) is 5.39 Å². The second-order valence-electron chi connectivity index (χ2n) is 8.37. The third-order valence-corrected chi connectivity index (χ3v) is 6.01. The quantitative estimate of drug-likeness (QED) is 0.434. The van der Waals surface area contributed by atoms with E-state index in [2.05, 4.69) is 15.5 Å². The van der Waals surface area contributed by atoms with Gasteiger partial charge in [0.1, 0.15) is 17.5 Å². The Balaban J connectivity index is 1.24. The van der Waals surface area contributed by atoms with Gasteiger partial charge in [0.25, 0.3) is 5.91 Å². The fourth-order valence-electron chi connectivity index (χ4n) is 4.27. The van der Waals surface area contributed by atoms with Crippen LogP contribution >= 0.6 is 0 Å². The Morgan fingerprint density at radius 3 is 2.71 bits per heavy atom. The molecular formula is C26H24N4O5. The van der Waals surface area contributed by atoms with Gasteiger partial charge in [-0.05, 0) is 48.6 Å². The highest BCUT2D eigenvalue weighted by molar-refractivity contribution is 6.06. The fraction of sp³-hybridized carbons (Fsp3) is 0.231. The van der Waals surface area contributed by atoms with Gasteiger partial charge in [0.15, 0.2) is 6.61 Å². The number of phenols is 1. The van der Waals surface area contributed by atoms with Crippen molar-refractivity contribution in [1.82, 2.24) is 15.0 Å². The van der Waals surface area contributed by atoms with Crippen molar-refractivity contribution >= 4 is 28.3 Å². The number of carbonyl (C=O) groups is 2. The van der Waals surface area contributed by atoms with Crippen molar-refractivity contribution in [2.24, 2.45) is 0 Å². The molecule has 35 heavy (non-hydrogen) atoms. The third-order valence-electron chi connectivity index (χ3n) is 6.01. The molecule has 1 atom stereocenters. The predicted molar refractivity (Wildman–Crippen MR) is 128 cm³/mol. The predicted octanol–water partition coefficient (Wildman–Crippen LogP) is 4.06. The van der Waals surface area contributed by atoms with Gasteiger partial charge in [-0.15, -0.1) is 0 Å². The maximum atomic E-state index is 13.3. The minimum absolute atomic E-state index is 0.0641. The lowest BCUT2D eigenvalue weighted by molar-refractivity contribution is -0.119. The zero-order valence-corrected chi connectivity index (χ0v) is 19.1. The van der Waals surface area contributed by atoms with Crippen LogP contribution in [0.2, 0.25) is 0 Å². The number of likely N-dealkylation sites (tertiary alicyclic amines) is 1. The first kappa shape index (κ1) is 22.4. The van der Waals surface area contributed by atoms with E-state index in [4.69, 9.17) is 9.26 Å². The summed E-state index contributed by atoms with van der Waals surface area (Å²) in [4.78, 5) is 31.9. The Labute approximate surface area is 201 Å². The lowest BCUT2D eigenvalue weighted by Gasteiger charge is -2.24. The molecule has 1 saturated heterocycles. The van der Waals surface area contributed by atoms with Crippen LogP contribution in [-0.4, -0.2) is 44.5 Å². The normalized spacial score (nSPS) is 15.3. The number of hydrogen-bond donors (Lipinski definition) is 2. The first-order valence-electron chi connectivity index (χ1n) is 11.3. The number of nitrogens with zero attached hydrogens (tertiary/aromatic N) is 3. The molecule has 0 aliphatic carbocycles. The van der Waals surface area contributed by atoms with Crippen molar-refractivity contribution in [3.8, 4) is 11.5 Å². The SMILES string of the molecule is Cc1nc(COc2ccc(NC(=O)C3CCCN3C(=O)c3ccc4ccccc4c3O)cc2)no1. The van der Waals surface area contributed by atoms with Gasteiger partial charge in [0, 0.05) is 24.5 Å². The van der Waals surface area contributed by atoms with Crippen LogP contribution in [0.15, 0.2) is 65.2 Å². The third kappa shape index (κ3) is 4.65. The van der Waals surface area contributed by atoms with Gasteiger partial charge in [0.2, 0.25) is 17.6 Å². The summed E-state index contributed by atoms with van der Waals surface area (Å²) in [6.07, 6.45) is 1.26. The van der Waals surface area contributed by atoms with E-state index in [-0.39, 0.29) is 29.7 Å². The average molecular weight is 473 g/mol. The molecule has 2 heterocycles. The number of hydrogen-bond acceptors (Lipinski definition) is 7. The molecule has 1 aliphatic heterocycles. The number of amides is 2. The second-order valence-corrected chi connectivity index (χ2v) is 8.37. The summed E-state index contributed by atoms with van der Waals surface area (Å²) in [5, 5.41) is 18.8. The Hall–Kier alpha value is -4.40. The number of benzene rings is 3. The highest BCUT2D eigenvalue weighted by Crippen LogP contribution is 2.31. The van der Waals surface area contributed by atoms with Crippen molar-refractivity contribution < 1.29 is 24.0 Å². The Morgan fingerprint density at radius 1 is 1.14 bits per heavy atom. The first-order valence-corrected chi connectivity index (χ1v) is 11.3. The highest BCUT2D eigenvalue weighted by Gasteiger charge is 2.35. The van der Waals surface area contributed by atoms with Crippen molar-refractivity contribution in [2.75, 3.05) is 11.9 Å². The molecule has 9 nitrogen and oxygen atoms in total. The van der Waals surface area contributed by atoms with Crippen LogP contribution in [0, 0.1) is 6.92 Å². The van der Waals surface area contributed by atoms with E-state index in [0.29, 0.717) is 47.9 Å². The summed E-state index contributed by atoms with van der Waals surface area (Å²) in [7, 11) is 0. The first-order chi connectivity index (χ1) is 17.0. The zero-order chi connectivity index (χ0) is 24.4. The van der Waals surface area contributed by atoms with E-state index in [1.54, 1.807) is 49.4 Å². The summed E-state index contributed by atoms with van der Waals surface area (Å²) in [5.41, 5.74) is 0.785. The number of aromatic hydroxyl groups is 1. The van der Waals surface area contributed by atoms with E-state index in [1.807, 2.05) is 18.2 Å². The number of phenolic OH excluding ortho intramolecular Hbond substituents is 1. The number of nitrogens with one attached hydrogen (secondary N) is 1. The molecule has 0 saturated carbocycles. The molecule has 1 unspecified atom stereocenters. The number of rotatable bonds is 6. The number of aromatic nitrogens is 2. The van der Waals surface area contributed by atoms with Gasteiger partial charge in [-0.3, -0.25) is 9.59 Å². The van der Waals surface area contributed by atoms with Crippen molar-refractivity contribution in [2.45, 2.75) is 32.4 Å². The topological polar surface area (TPSA) is 118 Å². The average Bonchev–Trinajstić information content (AvgIpc) is 3.53. The lowest BCUT2D eigenvalue weighted by atomic mass is 10.0. The minimum Gasteiger partial charge on any atom is -0.506 e. The smallest absolute Gasteiger partial charge is 0.258 e. The van der Waals surface area contributed by atoms with Crippen LogP contribution in [0.3, 0.4) is 0 Å². The van der Waals surface area contributed by atoms with Gasteiger partial charge in [-0.2, -0.15) is 4.98 Å². The monoisotopic (exact) mass is 472 g/mol. The molecule has 0 spiro atoms. The molecule has 2 amide bonds. The van der Waals surface area contributed by atoms with Crippen LogP contribution in [0.25, 0.3) is 10.8 Å². The lowest BCUT2D eigenvalue weighted by Crippen LogP contribution is -2.43. The summed E-state index contributed by atoms with van der Waals surface area (Å²) >= 11 is 0. The molecular weight excluding hydrogens is 448 g/mol. The largest absolute Gasteiger partial charge is 0.506 e. The summed E-state index contributed by atoms with van der Waals surface area (Å²) in [6.45, 7) is 2.33. The van der Waals surface area contributed by atoms with Crippen molar-refractivity contribution in [3.63, 3.8) is 0 Å². The number of carbonyl (C=O) groups excluding carboxylic acids is 2. The van der Waals surface area contributed by atoms with Crippen LogP contribution in [0.5, 0.6) is 11.5 Å². The standard InChI is InChI=1S/C26H24N4O5/c1-16-27-23(29-35-16)15-34-19-11-9-18(10-12-19)28-25(32)22-7-4-14-30(22)26(33)21-13-8-17-5-2-3-6-20(17)24(21)31/h2-3,5-6,8-13,22,31H,4,7,14-15H2,1H3,(H,28,32). The van der Waals surface area contributed by atoms with Crippen LogP contribution < -0.4 is 10.1 Å². The molecule has 4 aromatic rings. The van der Waals surface area contributed by atoms with Crippen LogP contribution in [0.4, 0.5) is 5.69 Å². The molecule has 1 aliphatic rings. The summed E-state index contributed by atoms with van der Waals surface area (Å²) in [6, 6.07) is 17.0. The summed E-state index contributed by atoms with van der Waals surface area (Å²) in [5.74, 6) is 0.819. The van der Waals surface area contributed by atoms with Gasteiger partial charge >= 0.3 is 0 Å². The number of fused-ring (bicyclic) bond motifs is 1. The van der Waals surface area contributed by atoms with Gasteiger partial charge in [-0.1, -0.05) is 35.5 Å². The molecule has 1 aromatic heterocycles. The maximum absolute atomic E-state index is 13.3. The number of aryl methyl sites for hydroxylation is 1. The molecule has 3 aromatic carbocycles. The summed E-state index contributed by atoms with van der Waals surface area (Å²) < 4.78 is 10.5. The van der Waals surface area contributed by atoms with E-state index in [9.17, 15) is 14.7 Å². The van der Waals surface area contributed by atoms with Crippen LogP contribution in [-0.2, 0) is 11.4 Å². The number of ether oxygens (including phenoxy) is 1. The fourth-order valence-corrected chi connectivity index (χ4v) is 4.27. The number of anilines is 1. The van der Waals surface area contributed by atoms with Gasteiger partial charge < -0.3 is 24.6 Å². The van der Waals surface area contributed by atoms with Gasteiger partial charge in [-0.25, -0.2) is 0 Å². The molecule has 0 radical (unpaired) electrons. The van der Waals surface area contributed by atoms with Crippen molar-refractivity contribution in [3.05, 3.63) is 77.9 Å². The molecule has 5 rings (SSSR count). The highest BCUT2D eigenvalue weighted by atomic mass is 16.5. The second kappa shape index (κ2) is 9.46. The Morgan fingerprint density at radius 2 is 1.94 bits per heavy atom. The maximum Gasteiger partial charge on any atom is 0.258 e. The van der Waals surface area contributed by atoms with Crippen LogP contribution in [0.1, 0.15) is 34.9 Å². The minimum atomic E-state index is -0.620. The van der Waals surface area contributed by atoms with E-state index in [1.165, 1.54) is 4.90 Å². The molecule has 9 heteroatoms. The Kier molecular flexibility index (Phi) is 6.05. The Bertz CT molecular complexity index is 1380. The molecule has 2 N–H and O–H groups in total. The van der Waals surface area contributed by atoms with E-state index >= 15 is 0 Å². The zero-order valence-electron chi connectivity index (χ0n) is 19.1. The van der Waals surface area contributed by atoms with E-state index < -0.39 is 6.04 Å². The molecule has 0 bridgehead atoms. The molecule has 1 fully saturated rings. The molecule has 178 valence electrons. The van der Waals surface area contributed by atoms with Gasteiger partial charge in [0.05, 0.1) is 5.56 Å². The van der Waals surface area contributed by atoms with Crippen molar-refractivity contribution in [1.29, 1.82) is 0 Å².